The zero-order chi connectivity index (χ0) is 23.7. The molecule has 1 fully saturated rings. The maximum absolute atomic E-state index is 12.4. The van der Waals surface area contributed by atoms with Crippen LogP contribution in [-0.4, -0.2) is 52.4 Å². The zero-order valence-corrected chi connectivity index (χ0v) is 20.4. The van der Waals surface area contributed by atoms with Gasteiger partial charge in [0.15, 0.2) is 5.78 Å². The average Bonchev–Trinajstić information content (AvgIpc) is 2.77. The topological polar surface area (TPSA) is 78.3 Å². The third-order valence-corrected chi connectivity index (χ3v) is 6.75. The number of anilines is 1. The Morgan fingerprint density at radius 2 is 1.91 bits per heavy atom. The first kappa shape index (κ1) is 25.9. The second-order valence-electron chi connectivity index (χ2n) is 9.42. The molecule has 34 heavy (non-hydrogen) atoms. The van der Waals surface area contributed by atoms with Gasteiger partial charge in [0.2, 0.25) is 0 Å². The fourth-order valence-corrected chi connectivity index (χ4v) is 5.00. The lowest BCUT2D eigenvalue weighted by molar-refractivity contribution is 0.101. The number of aromatic hydroxyl groups is 1. The summed E-state index contributed by atoms with van der Waals surface area (Å²) < 4.78 is 0. The molecule has 0 saturated heterocycles. The van der Waals surface area contributed by atoms with E-state index in [0.29, 0.717) is 34.3 Å². The van der Waals surface area contributed by atoms with Crippen LogP contribution in [0.4, 0.5) is 5.69 Å². The summed E-state index contributed by atoms with van der Waals surface area (Å²) in [5, 5.41) is 14.0. The summed E-state index contributed by atoms with van der Waals surface area (Å²) in [5.41, 5.74) is 4.93. The number of carbonyl (C=O) groups is 1. The van der Waals surface area contributed by atoms with E-state index in [1.54, 1.807) is 26.1 Å². The lowest BCUT2D eigenvalue weighted by Crippen LogP contribution is -2.31. The summed E-state index contributed by atoms with van der Waals surface area (Å²) >= 11 is 6.21. The van der Waals surface area contributed by atoms with Crippen molar-refractivity contribution in [2.24, 2.45) is 5.92 Å². The summed E-state index contributed by atoms with van der Waals surface area (Å²) in [4.78, 5) is 24.1. The van der Waals surface area contributed by atoms with Crippen LogP contribution in [0, 0.1) is 12.8 Å². The number of nitrogens with one attached hydrogen (secondary N) is 1. The summed E-state index contributed by atoms with van der Waals surface area (Å²) in [6.07, 6.45) is 6.10. The van der Waals surface area contributed by atoms with E-state index in [0.717, 1.165) is 49.0 Å². The molecule has 2 aromatic heterocycles. The molecular formula is C27H35ClN4O2. The number of halogens is 1. The number of carbonyl (C=O) groups excluding carboxylic acids is 1. The van der Waals surface area contributed by atoms with Gasteiger partial charge in [-0.3, -0.25) is 9.78 Å². The molecule has 1 aliphatic carbocycles. The number of phenols is 1. The maximum Gasteiger partial charge on any atom is 0.163 e. The van der Waals surface area contributed by atoms with Gasteiger partial charge in [-0.2, -0.15) is 0 Å². The number of aromatic nitrogens is 2. The van der Waals surface area contributed by atoms with Crippen LogP contribution in [0.3, 0.4) is 0 Å². The number of rotatable bonds is 6. The number of benzene rings is 1. The molecule has 3 aromatic rings. The highest BCUT2D eigenvalue weighted by atomic mass is 35.5. The molecule has 1 aliphatic rings. The smallest absolute Gasteiger partial charge is 0.163 e. The van der Waals surface area contributed by atoms with Gasteiger partial charge in [-0.05, 0) is 89.4 Å². The fourth-order valence-electron chi connectivity index (χ4n) is 4.73. The molecule has 0 spiro atoms. The van der Waals surface area contributed by atoms with Gasteiger partial charge in [-0.25, -0.2) is 4.98 Å². The highest BCUT2D eigenvalue weighted by Crippen LogP contribution is 2.35. The van der Waals surface area contributed by atoms with E-state index in [1.165, 1.54) is 0 Å². The van der Waals surface area contributed by atoms with Crippen LogP contribution in [-0.2, 0) is 0 Å². The average molecular weight is 483 g/mol. The first-order valence-corrected chi connectivity index (χ1v) is 11.8. The van der Waals surface area contributed by atoms with Crippen LogP contribution in [0.25, 0.3) is 22.3 Å². The van der Waals surface area contributed by atoms with Gasteiger partial charge in [-0.1, -0.05) is 19.0 Å². The standard InChI is InChI=1S/C26H31ClN4O2.CH4/c1-15-11-18(12-21(27)26(15)33)22-9-10-23-25(30-22)24(20(13-28-23)16(2)32)29-19-7-5-17(6-8-19)14-31(3)4;/h9-13,17,19,33H,5-8,14H2,1-4H3,(H,28,29);1H4. The molecule has 2 heterocycles. The van der Waals surface area contributed by atoms with Crippen LogP contribution in [0.2, 0.25) is 5.02 Å². The quantitative estimate of drug-likeness (QED) is 0.399. The Bertz CT molecular complexity index is 1160. The molecule has 182 valence electrons. The third-order valence-electron chi connectivity index (χ3n) is 6.46. The molecular weight excluding hydrogens is 448 g/mol. The number of ketones is 1. The SMILES string of the molecule is C.CC(=O)c1cnc2ccc(-c3cc(C)c(O)c(Cl)c3)nc2c1NC1CCC(CN(C)C)CC1. The first-order chi connectivity index (χ1) is 15.7. The van der Waals surface area contributed by atoms with Crippen molar-refractivity contribution in [3.8, 4) is 17.0 Å². The van der Waals surface area contributed by atoms with E-state index in [-0.39, 0.29) is 24.0 Å². The van der Waals surface area contributed by atoms with Gasteiger partial charge in [-0.15, -0.1) is 0 Å². The molecule has 7 heteroatoms. The predicted molar refractivity (Wildman–Crippen MR) is 141 cm³/mol. The van der Waals surface area contributed by atoms with Crippen molar-refractivity contribution in [2.75, 3.05) is 26.0 Å². The molecule has 6 nitrogen and oxygen atoms in total. The summed E-state index contributed by atoms with van der Waals surface area (Å²) in [7, 11) is 4.25. The molecule has 1 aromatic carbocycles. The molecule has 1 saturated carbocycles. The van der Waals surface area contributed by atoms with E-state index in [2.05, 4.69) is 29.3 Å². The van der Waals surface area contributed by atoms with Crippen LogP contribution in [0.1, 0.15) is 56.0 Å². The van der Waals surface area contributed by atoms with Crippen LogP contribution in [0.5, 0.6) is 5.75 Å². The fraction of sp³-hybridized carbons (Fsp3) is 0.444. The minimum absolute atomic E-state index is 0. The lowest BCUT2D eigenvalue weighted by atomic mass is 9.85. The predicted octanol–water partition coefficient (Wildman–Crippen LogP) is 6.34. The van der Waals surface area contributed by atoms with E-state index in [4.69, 9.17) is 16.6 Å². The summed E-state index contributed by atoms with van der Waals surface area (Å²) in [6, 6.07) is 7.66. The van der Waals surface area contributed by atoms with Crippen molar-refractivity contribution >= 4 is 34.1 Å². The van der Waals surface area contributed by atoms with Crippen molar-refractivity contribution in [3.05, 3.63) is 46.6 Å². The number of nitrogens with zero attached hydrogens (tertiary/aromatic N) is 3. The van der Waals surface area contributed by atoms with Crippen LogP contribution >= 0.6 is 11.6 Å². The van der Waals surface area contributed by atoms with Gasteiger partial charge >= 0.3 is 0 Å². The van der Waals surface area contributed by atoms with Crippen LogP contribution < -0.4 is 5.32 Å². The largest absolute Gasteiger partial charge is 0.506 e. The maximum atomic E-state index is 12.4. The molecule has 4 rings (SSSR count). The molecule has 0 atom stereocenters. The molecule has 0 radical (unpaired) electrons. The van der Waals surface area contributed by atoms with Crippen molar-refractivity contribution in [3.63, 3.8) is 0 Å². The second kappa shape index (κ2) is 10.7. The van der Waals surface area contributed by atoms with Gasteiger partial charge in [0.1, 0.15) is 11.3 Å². The highest BCUT2D eigenvalue weighted by molar-refractivity contribution is 6.32. The highest BCUT2D eigenvalue weighted by Gasteiger charge is 2.24. The van der Waals surface area contributed by atoms with Crippen LogP contribution in [0.15, 0.2) is 30.5 Å². The second-order valence-corrected chi connectivity index (χ2v) is 9.82. The third kappa shape index (κ3) is 5.50. The number of hydrogen-bond acceptors (Lipinski definition) is 6. The molecule has 0 aliphatic heterocycles. The van der Waals surface area contributed by atoms with Gasteiger partial charge in [0.05, 0.1) is 27.5 Å². The van der Waals surface area contributed by atoms with Gasteiger partial charge in [0.25, 0.3) is 0 Å². The molecule has 2 N–H and O–H groups in total. The normalized spacial score (nSPS) is 18.1. The van der Waals surface area contributed by atoms with Crippen molar-refractivity contribution in [1.82, 2.24) is 14.9 Å². The number of Topliss-reactive ketones (excluding diaryl/α,β-unsaturated/α-hetero) is 1. The molecule has 0 unspecified atom stereocenters. The van der Waals surface area contributed by atoms with Gasteiger partial charge in [0, 0.05) is 24.3 Å². The minimum Gasteiger partial charge on any atom is -0.506 e. The number of aryl methyl sites for hydroxylation is 1. The molecule has 0 bridgehead atoms. The van der Waals surface area contributed by atoms with E-state index < -0.39 is 0 Å². The number of pyridine rings is 2. The Hall–Kier alpha value is -2.70. The van der Waals surface area contributed by atoms with E-state index >= 15 is 0 Å². The Kier molecular flexibility index (Phi) is 8.16. The lowest BCUT2D eigenvalue weighted by Gasteiger charge is -2.31. The molecule has 0 amide bonds. The Balaban J connectivity index is 0.00000324. The van der Waals surface area contributed by atoms with Crippen molar-refractivity contribution < 1.29 is 9.90 Å². The van der Waals surface area contributed by atoms with Crippen molar-refractivity contribution in [2.45, 2.75) is 53.0 Å². The zero-order valence-electron chi connectivity index (χ0n) is 19.7. The van der Waals surface area contributed by atoms with E-state index in [1.807, 2.05) is 18.2 Å². The Morgan fingerprint density at radius 1 is 1.21 bits per heavy atom. The minimum atomic E-state index is -0.0380. The van der Waals surface area contributed by atoms with Gasteiger partial charge < -0.3 is 15.3 Å². The summed E-state index contributed by atoms with van der Waals surface area (Å²) in [6.45, 7) is 4.49. The number of fused-ring (bicyclic) bond motifs is 1. The number of hydrogen-bond donors (Lipinski definition) is 2. The van der Waals surface area contributed by atoms with E-state index in [9.17, 15) is 9.90 Å². The Morgan fingerprint density at radius 3 is 2.53 bits per heavy atom. The number of phenolic OH excluding ortho intramolecular Hbond substituents is 1. The monoisotopic (exact) mass is 482 g/mol. The summed E-state index contributed by atoms with van der Waals surface area (Å²) in [5.74, 6) is 0.754. The first-order valence-electron chi connectivity index (χ1n) is 11.4. The van der Waals surface area contributed by atoms with Crippen molar-refractivity contribution in [1.29, 1.82) is 0 Å². The Labute approximate surface area is 207 Å².